The van der Waals surface area contributed by atoms with Crippen LogP contribution < -0.4 is 0 Å². The van der Waals surface area contributed by atoms with Gasteiger partial charge in [0.1, 0.15) is 0 Å². The fraction of sp³-hybridized carbons (Fsp3) is 0.929. The van der Waals surface area contributed by atoms with Crippen LogP contribution in [0.3, 0.4) is 0 Å². The van der Waals surface area contributed by atoms with Crippen LogP contribution in [0.1, 0.15) is 112 Å². The van der Waals surface area contributed by atoms with Crippen LogP contribution in [0, 0.1) is 52.3 Å². The molecule has 0 spiro atoms. The van der Waals surface area contributed by atoms with Gasteiger partial charge in [-0.15, -0.1) is 0 Å². The van der Waals surface area contributed by atoms with Crippen molar-refractivity contribution in [2.45, 2.75) is 112 Å². The molecule has 8 atom stereocenters. The lowest BCUT2D eigenvalue weighted by Gasteiger charge is -2.60. The lowest BCUT2D eigenvalue weighted by molar-refractivity contribution is -0.102. The topological polar surface area (TPSA) is 0 Å². The maximum Gasteiger partial charge on any atom is -0.0229 e. The molecule has 0 aromatic heterocycles. The Morgan fingerprint density at radius 3 is 2.43 bits per heavy atom. The van der Waals surface area contributed by atoms with Crippen molar-refractivity contribution >= 4 is 0 Å². The highest BCUT2D eigenvalue weighted by Crippen LogP contribution is 2.68. The average Bonchev–Trinajstić information content (AvgIpc) is 2.99. The molecule has 0 radical (unpaired) electrons. The summed E-state index contributed by atoms with van der Waals surface area (Å²) in [6, 6.07) is 0. The monoisotopic (exact) mass is 384 g/mol. The molecule has 0 amide bonds. The lowest BCUT2D eigenvalue weighted by Crippen LogP contribution is -2.52. The Morgan fingerprint density at radius 2 is 1.68 bits per heavy atom. The third-order valence-corrected chi connectivity index (χ3v) is 10.7. The largest absolute Gasteiger partial charge is 0.0850 e. The zero-order chi connectivity index (χ0) is 20.1. The van der Waals surface area contributed by atoms with Crippen LogP contribution in [0.15, 0.2) is 11.6 Å². The first-order valence-electron chi connectivity index (χ1n) is 12.9. The Kier molecular flexibility index (Phi) is 5.83. The first-order chi connectivity index (χ1) is 13.3. The van der Waals surface area contributed by atoms with E-state index >= 15 is 0 Å². The van der Waals surface area contributed by atoms with Crippen molar-refractivity contribution in [1.82, 2.24) is 0 Å². The second-order valence-corrected chi connectivity index (χ2v) is 12.6. The first kappa shape index (κ1) is 21.0. The smallest absolute Gasteiger partial charge is 0.0229 e. The van der Waals surface area contributed by atoms with E-state index in [4.69, 9.17) is 0 Å². The van der Waals surface area contributed by atoms with Crippen LogP contribution >= 0.6 is 0 Å². The molecule has 0 heterocycles. The van der Waals surface area contributed by atoms with Gasteiger partial charge in [-0.25, -0.2) is 0 Å². The standard InChI is InChI=1S/C28H48/c1-19(2)8-7-9-21(4)24-12-13-25-23-11-10-22-18-20(3)14-16-27(22,5)26(23)15-17-28(24,25)6/h14,19,21-26H,7-13,15-18H2,1-6H3/t21-,22+,23+,24-,25+,26+,27+,28-/m1/s1. The molecule has 3 fully saturated rings. The lowest BCUT2D eigenvalue weighted by atomic mass is 9.45. The summed E-state index contributed by atoms with van der Waals surface area (Å²) in [5.41, 5.74) is 2.95. The van der Waals surface area contributed by atoms with Gasteiger partial charge in [0.05, 0.1) is 0 Å². The van der Waals surface area contributed by atoms with Gasteiger partial charge in [-0.05, 0) is 111 Å². The fourth-order valence-corrected chi connectivity index (χ4v) is 9.08. The average molecular weight is 385 g/mol. The molecule has 28 heavy (non-hydrogen) atoms. The van der Waals surface area contributed by atoms with E-state index in [-0.39, 0.29) is 0 Å². The third kappa shape index (κ3) is 3.43. The Balaban J connectivity index is 1.48. The van der Waals surface area contributed by atoms with Gasteiger partial charge in [0, 0.05) is 0 Å². The predicted molar refractivity (Wildman–Crippen MR) is 122 cm³/mol. The van der Waals surface area contributed by atoms with Gasteiger partial charge in [-0.3, -0.25) is 0 Å². The molecule has 4 aliphatic carbocycles. The quantitative estimate of drug-likeness (QED) is 0.416. The van der Waals surface area contributed by atoms with Crippen molar-refractivity contribution in [3.8, 4) is 0 Å². The van der Waals surface area contributed by atoms with Crippen LogP contribution in [0.4, 0.5) is 0 Å². The van der Waals surface area contributed by atoms with Crippen LogP contribution in [0.25, 0.3) is 0 Å². The Morgan fingerprint density at radius 1 is 0.929 bits per heavy atom. The highest BCUT2D eigenvalue weighted by Gasteiger charge is 2.59. The SMILES string of the molecule is CC1=CC[C@@]2(C)[C@@H](CC[C@@H]3[C@@H]2CC[C@]2(C)[C@@H]([C@H](C)CCCC(C)C)CC[C@@H]32)C1. The van der Waals surface area contributed by atoms with Gasteiger partial charge < -0.3 is 0 Å². The number of hydrogen-bond donors (Lipinski definition) is 0. The van der Waals surface area contributed by atoms with Crippen molar-refractivity contribution in [2.24, 2.45) is 52.3 Å². The van der Waals surface area contributed by atoms with Crippen molar-refractivity contribution in [3.05, 3.63) is 11.6 Å². The predicted octanol–water partition coefficient (Wildman–Crippen LogP) is 8.66. The van der Waals surface area contributed by atoms with E-state index in [2.05, 4.69) is 47.6 Å². The molecule has 0 unspecified atom stereocenters. The van der Waals surface area contributed by atoms with Gasteiger partial charge >= 0.3 is 0 Å². The molecule has 4 aliphatic rings. The Hall–Kier alpha value is -0.260. The van der Waals surface area contributed by atoms with Gasteiger partial charge in [0.2, 0.25) is 0 Å². The van der Waals surface area contributed by atoms with Gasteiger partial charge in [0.15, 0.2) is 0 Å². The molecule has 0 nitrogen and oxygen atoms in total. The zero-order valence-electron chi connectivity index (χ0n) is 19.9. The van der Waals surface area contributed by atoms with E-state index in [9.17, 15) is 0 Å². The summed E-state index contributed by atoms with van der Waals surface area (Å²) in [6.07, 6.45) is 19.0. The van der Waals surface area contributed by atoms with E-state index in [0.717, 1.165) is 41.4 Å². The van der Waals surface area contributed by atoms with Gasteiger partial charge in [-0.2, -0.15) is 0 Å². The van der Waals surface area contributed by atoms with Crippen molar-refractivity contribution < 1.29 is 0 Å². The molecule has 3 saturated carbocycles. The third-order valence-electron chi connectivity index (χ3n) is 10.7. The number of rotatable bonds is 5. The second kappa shape index (κ2) is 7.77. The maximum absolute atomic E-state index is 2.74. The minimum absolute atomic E-state index is 0.616. The number of fused-ring (bicyclic) bond motifs is 5. The van der Waals surface area contributed by atoms with Crippen LogP contribution in [0.5, 0.6) is 0 Å². The summed E-state index contributed by atoms with van der Waals surface area (Å²) in [5, 5.41) is 0. The number of hydrogen-bond acceptors (Lipinski definition) is 0. The Bertz CT molecular complexity index is 585. The summed E-state index contributed by atoms with van der Waals surface area (Å²) in [5.74, 6) is 6.90. The molecule has 0 aromatic carbocycles. The molecule has 0 heteroatoms. The molecule has 160 valence electrons. The van der Waals surface area contributed by atoms with Crippen LogP contribution in [-0.2, 0) is 0 Å². The number of allylic oxidation sites excluding steroid dienone is 2. The molecular formula is C28H48. The van der Waals surface area contributed by atoms with E-state index < -0.39 is 0 Å². The van der Waals surface area contributed by atoms with Crippen molar-refractivity contribution in [2.75, 3.05) is 0 Å². The molecule has 0 aromatic rings. The van der Waals surface area contributed by atoms with E-state index in [0.29, 0.717) is 10.8 Å². The highest BCUT2D eigenvalue weighted by atomic mass is 14.6. The molecular weight excluding hydrogens is 336 g/mol. The normalized spacial score (nSPS) is 46.5. The molecule has 4 rings (SSSR count). The van der Waals surface area contributed by atoms with Crippen LogP contribution in [-0.4, -0.2) is 0 Å². The van der Waals surface area contributed by atoms with E-state index in [1.807, 2.05) is 0 Å². The van der Waals surface area contributed by atoms with Crippen molar-refractivity contribution in [1.29, 1.82) is 0 Å². The second-order valence-electron chi connectivity index (χ2n) is 12.6. The van der Waals surface area contributed by atoms with Gasteiger partial charge in [0.25, 0.3) is 0 Å². The zero-order valence-corrected chi connectivity index (χ0v) is 19.9. The van der Waals surface area contributed by atoms with Crippen LogP contribution in [0.2, 0.25) is 0 Å². The van der Waals surface area contributed by atoms with Gasteiger partial charge in [-0.1, -0.05) is 65.5 Å². The minimum Gasteiger partial charge on any atom is -0.0850 e. The minimum atomic E-state index is 0.616. The molecule has 0 N–H and O–H groups in total. The summed E-state index contributed by atoms with van der Waals surface area (Å²) in [6.45, 7) is 15.2. The highest BCUT2D eigenvalue weighted by molar-refractivity contribution is 5.15. The summed E-state index contributed by atoms with van der Waals surface area (Å²) >= 11 is 0. The summed E-state index contributed by atoms with van der Waals surface area (Å²) in [7, 11) is 0. The Labute approximate surface area is 176 Å². The maximum atomic E-state index is 2.74. The van der Waals surface area contributed by atoms with E-state index in [1.54, 1.807) is 18.4 Å². The molecule has 0 aliphatic heterocycles. The molecule has 0 bridgehead atoms. The fourth-order valence-electron chi connectivity index (χ4n) is 9.08. The summed E-state index contributed by atoms with van der Waals surface area (Å²) < 4.78 is 0. The van der Waals surface area contributed by atoms with Crippen molar-refractivity contribution in [3.63, 3.8) is 0 Å². The van der Waals surface area contributed by atoms with E-state index in [1.165, 1.54) is 57.8 Å². The molecule has 0 saturated heterocycles. The summed E-state index contributed by atoms with van der Waals surface area (Å²) in [4.78, 5) is 0. The first-order valence-corrected chi connectivity index (χ1v) is 12.9.